The van der Waals surface area contributed by atoms with Crippen molar-refractivity contribution in [1.82, 2.24) is 5.32 Å². The summed E-state index contributed by atoms with van der Waals surface area (Å²) in [5, 5.41) is 13.9. The zero-order chi connectivity index (χ0) is 52.7. The number of nitrogens with zero attached hydrogens (tertiary/aromatic N) is 1. The number of hydrogen-bond donors (Lipinski definition) is 3. The Morgan fingerprint density at radius 1 is 0.472 bits per heavy atom. The number of rotatable bonds is 55. The number of quaternary nitrogens is 1. The lowest BCUT2D eigenvalue weighted by Gasteiger charge is -2.25. The maximum Gasteiger partial charge on any atom is 0.472 e. The molecule has 0 aliphatic heterocycles. The molecule has 0 fully saturated rings. The van der Waals surface area contributed by atoms with E-state index >= 15 is 0 Å². The predicted octanol–water partition coefficient (Wildman–Crippen LogP) is 18.7. The van der Waals surface area contributed by atoms with Crippen molar-refractivity contribution in [2.24, 2.45) is 0 Å². The SMILES string of the molecule is CCCCCCC/C=C\C/C=C\C/C=C\CCCCCCCCCCCCCCCCCCC(=O)NC(COP(=O)(O)OCC[N+](C)(C)C)C(O)/C=C/CC/C=C/CC/C=C/CCCCCCCCCCC. The summed E-state index contributed by atoms with van der Waals surface area (Å²) in [6.07, 6.45) is 74.4. The largest absolute Gasteiger partial charge is 0.472 e. The lowest BCUT2D eigenvalue weighted by Crippen LogP contribution is -2.45. The Balaban J connectivity index is 4.17. The minimum Gasteiger partial charge on any atom is -0.387 e. The Hall–Kier alpha value is -2.06. The van der Waals surface area contributed by atoms with Crippen LogP contribution < -0.4 is 5.32 Å². The molecule has 3 N–H and O–H groups in total. The Morgan fingerprint density at radius 3 is 1.21 bits per heavy atom. The summed E-state index contributed by atoms with van der Waals surface area (Å²) in [6.45, 7) is 4.79. The van der Waals surface area contributed by atoms with E-state index in [1.54, 1.807) is 6.08 Å². The number of allylic oxidation sites excluding steroid dienone is 11. The van der Waals surface area contributed by atoms with Crippen molar-refractivity contribution < 1.29 is 32.9 Å². The first kappa shape index (κ1) is 69.9. The van der Waals surface area contributed by atoms with Crippen LogP contribution in [0.5, 0.6) is 0 Å². The van der Waals surface area contributed by atoms with Crippen LogP contribution in [0.15, 0.2) is 72.9 Å². The van der Waals surface area contributed by atoms with Gasteiger partial charge in [0.15, 0.2) is 0 Å². The molecule has 3 atom stereocenters. The summed E-state index contributed by atoms with van der Waals surface area (Å²) < 4.78 is 23.7. The van der Waals surface area contributed by atoms with Crippen molar-refractivity contribution in [3.05, 3.63) is 72.9 Å². The van der Waals surface area contributed by atoms with Gasteiger partial charge < -0.3 is 19.8 Å². The number of aliphatic hydroxyl groups excluding tert-OH is 1. The van der Waals surface area contributed by atoms with E-state index in [9.17, 15) is 19.4 Å². The van der Waals surface area contributed by atoms with Gasteiger partial charge in [-0.15, -0.1) is 0 Å². The minimum absolute atomic E-state index is 0.0519. The summed E-state index contributed by atoms with van der Waals surface area (Å²) in [6, 6.07) is -0.873. The second-order valence-electron chi connectivity index (χ2n) is 21.7. The van der Waals surface area contributed by atoms with E-state index in [1.165, 1.54) is 193 Å². The summed E-state index contributed by atoms with van der Waals surface area (Å²) in [7, 11) is 1.55. The summed E-state index contributed by atoms with van der Waals surface area (Å²) in [4.78, 5) is 23.3. The predicted molar refractivity (Wildman–Crippen MR) is 313 cm³/mol. The molecule has 0 heterocycles. The molecule has 0 aromatic rings. The summed E-state index contributed by atoms with van der Waals surface area (Å²) >= 11 is 0. The van der Waals surface area contributed by atoms with E-state index in [1.807, 2.05) is 27.2 Å². The second kappa shape index (κ2) is 53.8. The van der Waals surface area contributed by atoms with Crippen molar-refractivity contribution in [3.8, 4) is 0 Å². The van der Waals surface area contributed by atoms with Crippen LogP contribution in [0.2, 0.25) is 0 Å². The van der Waals surface area contributed by atoms with Gasteiger partial charge in [-0.3, -0.25) is 13.8 Å². The number of amides is 1. The smallest absolute Gasteiger partial charge is 0.387 e. The molecule has 0 aromatic carbocycles. The standard InChI is InChI=1S/C63H117N2O6P/c1-6-8-10-12-14-16-18-20-22-24-26-27-28-29-30-31-32-33-34-35-36-37-39-41-43-45-47-49-51-53-55-57-63(67)64-61(60-71-72(68,69)70-59-58-65(3,4)5)62(66)56-54-52-50-48-46-44-42-40-38-25-23-21-19-17-15-13-11-9-7-2/h18,20,24,26,28-29,38,40,46,48,54,56,61-62,66H,6-17,19,21-23,25,27,30-37,39,41-45,47,49-53,55,57-60H2,1-5H3,(H-,64,67,68,69)/p+1/b20-18-,26-24-,29-28-,40-38+,48-46+,56-54+. The maximum atomic E-state index is 13.0. The number of nitrogens with one attached hydrogen (secondary N) is 1. The van der Waals surface area contributed by atoms with Gasteiger partial charge in [-0.05, 0) is 83.5 Å². The van der Waals surface area contributed by atoms with Crippen LogP contribution in [0, 0.1) is 0 Å². The van der Waals surface area contributed by atoms with Crippen LogP contribution in [0.4, 0.5) is 0 Å². The third kappa shape index (κ3) is 55.7. The zero-order valence-electron chi connectivity index (χ0n) is 47.9. The number of carbonyl (C=O) groups excluding carboxylic acids is 1. The first-order valence-electron chi connectivity index (χ1n) is 30.3. The number of phosphoric acid groups is 1. The van der Waals surface area contributed by atoms with Crippen LogP contribution >= 0.6 is 7.82 Å². The number of unbranched alkanes of at least 4 members (excludes halogenated alkanes) is 32. The highest BCUT2D eigenvalue weighted by Crippen LogP contribution is 2.43. The zero-order valence-corrected chi connectivity index (χ0v) is 48.8. The molecule has 0 spiro atoms. The first-order chi connectivity index (χ1) is 35.0. The van der Waals surface area contributed by atoms with Gasteiger partial charge in [-0.25, -0.2) is 4.57 Å². The molecule has 1 amide bonds. The Labute approximate surface area is 446 Å². The van der Waals surface area contributed by atoms with Crippen LogP contribution in [-0.4, -0.2) is 73.4 Å². The van der Waals surface area contributed by atoms with Crippen molar-refractivity contribution in [3.63, 3.8) is 0 Å². The second-order valence-corrected chi connectivity index (χ2v) is 23.2. The van der Waals surface area contributed by atoms with Crippen molar-refractivity contribution in [1.29, 1.82) is 0 Å². The van der Waals surface area contributed by atoms with Gasteiger partial charge >= 0.3 is 7.82 Å². The molecule has 0 rings (SSSR count). The van der Waals surface area contributed by atoms with E-state index in [-0.39, 0.29) is 19.1 Å². The molecule has 0 aliphatic carbocycles. The lowest BCUT2D eigenvalue weighted by molar-refractivity contribution is -0.870. The van der Waals surface area contributed by atoms with Gasteiger partial charge in [-0.1, -0.05) is 254 Å². The number of likely N-dealkylation sites (N-methyl/N-ethyl adjacent to an activating group) is 1. The molecule has 8 nitrogen and oxygen atoms in total. The topological polar surface area (TPSA) is 105 Å². The third-order valence-electron chi connectivity index (χ3n) is 13.4. The van der Waals surface area contributed by atoms with E-state index < -0.39 is 20.0 Å². The van der Waals surface area contributed by atoms with Crippen molar-refractivity contribution in [2.45, 2.75) is 283 Å². The molecule has 3 unspecified atom stereocenters. The fourth-order valence-electron chi connectivity index (χ4n) is 8.61. The van der Waals surface area contributed by atoms with Gasteiger partial charge in [0.25, 0.3) is 0 Å². The molecule has 0 aliphatic rings. The van der Waals surface area contributed by atoms with Crippen LogP contribution in [0.3, 0.4) is 0 Å². The average molecular weight is 1030 g/mol. The van der Waals surface area contributed by atoms with Crippen LogP contribution in [-0.2, 0) is 18.4 Å². The van der Waals surface area contributed by atoms with Gasteiger partial charge in [0.1, 0.15) is 13.2 Å². The summed E-state index contributed by atoms with van der Waals surface area (Å²) in [5.41, 5.74) is 0. The lowest BCUT2D eigenvalue weighted by atomic mass is 10.0. The van der Waals surface area contributed by atoms with E-state index in [0.29, 0.717) is 17.4 Å². The number of hydrogen-bond acceptors (Lipinski definition) is 5. The number of carbonyl (C=O) groups is 1. The van der Waals surface area contributed by atoms with E-state index in [2.05, 4.69) is 79.9 Å². The van der Waals surface area contributed by atoms with Crippen LogP contribution in [0.25, 0.3) is 0 Å². The molecule has 420 valence electrons. The highest BCUT2D eigenvalue weighted by molar-refractivity contribution is 7.47. The van der Waals surface area contributed by atoms with Gasteiger partial charge in [0.05, 0.1) is 39.9 Å². The first-order valence-corrected chi connectivity index (χ1v) is 31.8. The average Bonchev–Trinajstić information content (AvgIpc) is 3.34. The quantitative estimate of drug-likeness (QED) is 0.0243. The highest BCUT2D eigenvalue weighted by Gasteiger charge is 2.27. The molecule has 0 saturated heterocycles. The Kier molecular flexibility index (Phi) is 52.2. The third-order valence-corrected chi connectivity index (χ3v) is 14.4. The van der Waals surface area contributed by atoms with E-state index in [4.69, 9.17) is 9.05 Å². The minimum atomic E-state index is -4.36. The molecule has 0 radical (unpaired) electrons. The fraction of sp³-hybridized carbons (Fsp3) is 0.794. The fourth-order valence-corrected chi connectivity index (χ4v) is 9.35. The normalized spacial score (nSPS) is 14.4. The molecular formula is C63H118N2O6P+. The molecule has 9 heteroatoms. The van der Waals surface area contributed by atoms with Gasteiger partial charge in [0.2, 0.25) is 5.91 Å². The molecule has 0 bridgehead atoms. The number of phosphoric ester groups is 1. The monoisotopic (exact) mass is 1030 g/mol. The van der Waals surface area contributed by atoms with E-state index in [0.717, 1.165) is 57.8 Å². The molecular weight excluding hydrogens is 912 g/mol. The van der Waals surface area contributed by atoms with Crippen LogP contribution in [0.1, 0.15) is 271 Å². The maximum absolute atomic E-state index is 13.0. The Morgan fingerprint density at radius 2 is 0.806 bits per heavy atom. The molecule has 0 saturated carbocycles. The van der Waals surface area contributed by atoms with Crippen molar-refractivity contribution >= 4 is 13.7 Å². The molecule has 0 aromatic heterocycles. The van der Waals surface area contributed by atoms with Gasteiger partial charge in [-0.2, -0.15) is 0 Å². The number of aliphatic hydroxyl groups is 1. The summed E-state index contributed by atoms with van der Waals surface area (Å²) in [5.74, 6) is -0.191. The van der Waals surface area contributed by atoms with Gasteiger partial charge in [0, 0.05) is 6.42 Å². The Bertz CT molecular complexity index is 1400. The van der Waals surface area contributed by atoms with Crippen molar-refractivity contribution in [2.75, 3.05) is 40.9 Å². The highest BCUT2D eigenvalue weighted by atomic mass is 31.2. The molecule has 72 heavy (non-hydrogen) atoms.